The Morgan fingerprint density at radius 2 is 1.93 bits per heavy atom. The highest BCUT2D eigenvalue weighted by molar-refractivity contribution is 5.11. The summed E-state index contributed by atoms with van der Waals surface area (Å²) in [6.07, 6.45) is 8.71. The lowest BCUT2D eigenvalue weighted by atomic mass is 9.45. The number of ether oxygens (including phenoxy) is 1. The molecule has 86 valence electrons. The van der Waals surface area contributed by atoms with Crippen LogP contribution in [0.2, 0.25) is 0 Å². The maximum absolute atomic E-state index is 5.60. The Kier molecular flexibility index (Phi) is 2.33. The van der Waals surface area contributed by atoms with Crippen LogP contribution in [0.1, 0.15) is 38.5 Å². The molecule has 1 heterocycles. The SMILES string of the molecule is CNCC1(C2(C3CCC3)COC2)CCC1. The largest absolute Gasteiger partial charge is 0.380 e. The lowest BCUT2D eigenvalue weighted by molar-refractivity contribution is -0.250. The van der Waals surface area contributed by atoms with Crippen molar-refractivity contribution in [3.05, 3.63) is 0 Å². The molecule has 2 aliphatic carbocycles. The van der Waals surface area contributed by atoms with Crippen LogP contribution in [0.4, 0.5) is 0 Å². The van der Waals surface area contributed by atoms with Crippen LogP contribution in [-0.4, -0.2) is 26.8 Å². The highest BCUT2D eigenvalue weighted by atomic mass is 16.5. The molecule has 2 nitrogen and oxygen atoms in total. The summed E-state index contributed by atoms with van der Waals surface area (Å²) < 4.78 is 5.60. The van der Waals surface area contributed by atoms with Gasteiger partial charge in [-0.25, -0.2) is 0 Å². The van der Waals surface area contributed by atoms with Crippen molar-refractivity contribution in [3.8, 4) is 0 Å². The summed E-state index contributed by atoms with van der Waals surface area (Å²) in [6.45, 7) is 3.32. The molecule has 0 spiro atoms. The number of rotatable bonds is 4. The van der Waals surface area contributed by atoms with E-state index in [2.05, 4.69) is 12.4 Å². The standard InChI is InChI=1S/C13H23NO/c1-14-8-12(6-3-7-12)13(9-15-10-13)11-4-2-5-11/h11,14H,2-10H2,1H3. The molecular formula is C13H23NO. The molecule has 3 aliphatic rings. The molecule has 0 aromatic heterocycles. The topological polar surface area (TPSA) is 21.3 Å². The van der Waals surface area contributed by atoms with E-state index in [-0.39, 0.29) is 0 Å². The molecule has 1 N–H and O–H groups in total. The van der Waals surface area contributed by atoms with Gasteiger partial charge in [0.15, 0.2) is 0 Å². The monoisotopic (exact) mass is 209 g/mol. The first-order valence-corrected chi connectivity index (χ1v) is 6.55. The van der Waals surface area contributed by atoms with E-state index >= 15 is 0 Å². The number of hydrogen-bond donors (Lipinski definition) is 1. The van der Waals surface area contributed by atoms with Crippen molar-refractivity contribution in [1.82, 2.24) is 5.32 Å². The van der Waals surface area contributed by atoms with Gasteiger partial charge in [-0.2, -0.15) is 0 Å². The summed E-state index contributed by atoms with van der Waals surface area (Å²) in [5, 5.41) is 3.43. The van der Waals surface area contributed by atoms with E-state index < -0.39 is 0 Å². The molecule has 2 heteroatoms. The molecule has 2 saturated carbocycles. The normalized spacial score (nSPS) is 32.6. The Morgan fingerprint density at radius 3 is 2.20 bits per heavy atom. The zero-order valence-electron chi connectivity index (χ0n) is 9.85. The van der Waals surface area contributed by atoms with Crippen LogP contribution in [0.25, 0.3) is 0 Å². The molecular weight excluding hydrogens is 186 g/mol. The third-order valence-electron chi connectivity index (χ3n) is 5.49. The summed E-state index contributed by atoms with van der Waals surface area (Å²) in [6, 6.07) is 0. The highest BCUT2D eigenvalue weighted by Gasteiger charge is 2.62. The van der Waals surface area contributed by atoms with E-state index in [1.165, 1.54) is 45.1 Å². The number of hydrogen-bond acceptors (Lipinski definition) is 2. The van der Waals surface area contributed by atoms with Crippen LogP contribution >= 0.6 is 0 Å². The van der Waals surface area contributed by atoms with E-state index in [1.54, 1.807) is 0 Å². The van der Waals surface area contributed by atoms with Crippen LogP contribution in [-0.2, 0) is 4.74 Å². The van der Waals surface area contributed by atoms with Crippen molar-refractivity contribution in [2.75, 3.05) is 26.8 Å². The summed E-state index contributed by atoms with van der Waals surface area (Å²) in [5.74, 6) is 0.986. The van der Waals surface area contributed by atoms with Gasteiger partial charge in [-0.3, -0.25) is 0 Å². The zero-order valence-corrected chi connectivity index (χ0v) is 9.85. The third-order valence-corrected chi connectivity index (χ3v) is 5.49. The summed E-state index contributed by atoms with van der Waals surface area (Å²) in [4.78, 5) is 0. The van der Waals surface area contributed by atoms with E-state index in [1.807, 2.05) is 0 Å². The molecule has 0 unspecified atom stereocenters. The molecule has 0 bridgehead atoms. The second-order valence-corrected chi connectivity index (χ2v) is 5.94. The Bertz CT molecular complexity index is 239. The average molecular weight is 209 g/mol. The van der Waals surface area contributed by atoms with Gasteiger partial charge in [0.1, 0.15) is 0 Å². The van der Waals surface area contributed by atoms with E-state index in [4.69, 9.17) is 4.74 Å². The van der Waals surface area contributed by atoms with Crippen molar-refractivity contribution in [2.45, 2.75) is 38.5 Å². The van der Waals surface area contributed by atoms with Crippen LogP contribution < -0.4 is 5.32 Å². The molecule has 0 atom stereocenters. The van der Waals surface area contributed by atoms with Crippen LogP contribution in [0.15, 0.2) is 0 Å². The maximum Gasteiger partial charge on any atom is 0.0553 e. The van der Waals surface area contributed by atoms with Gasteiger partial charge in [0.25, 0.3) is 0 Å². The van der Waals surface area contributed by atoms with Gasteiger partial charge in [0, 0.05) is 12.0 Å². The molecule has 0 aromatic rings. The lowest BCUT2D eigenvalue weighted by Gasteiger charge is -2.65. The van der Waals surface area contributed by atoms with Gasteiger partial charge in [-0.05, 0) is 44.1 Å². The fourth-order valence-corrected chi connectivity index (χ4v) is 4.05. The molecule has 1 aliphatic heterocycles. The Labute approximate surface area is 92.8 Å². The molecule has 1 saturated heterocycles. The second kappa shape index (κ2) is 3.46. The molecule has 3 rings (SSSR count). The molecule has 3 fully saturated rings. The summed E-state index contributed by atoms with van der Waals surface area (Å²) >= 11 is 0. The van der Waals surface area contributed by atoms with Crippen molar-refractivity contribution in [3.63, 3.8) is 0 Å². The molecule has 15 heavy (non-hydrogen) atoms. The van der Waals surface area contributed by atoms with E-state index in [0.29, 0.717) is 10.8 Å². The Morgan fingerprint density at radius 1 is 1.20 bits per heavy atom. The van der Waals surface area contributed by atoms with Crippen molar-refractivity contribution < 1.29 is 4.74 Å². The summed E-state index contributed by atoms with van der Waals surface area (Å²) in [7, 11) is 2.11. The molecule has 0 amide bonds. The van der Waals surface area contributed by atoms with E-state index in [9.17, 15) is 0 Å². The van der Waals surface area contributed by atoms with Crippen molar-refractivity contribution >= 4 is 0 Å². The van der Waals surface area contributed by atoms with Crippen molar-refractivity contribution in [2.24, 2.45) is 16.7 Å². The predicted octanol–water partition coefficient (Wildman–Crippen LogP) is 2.19. The first kappa shape index (κ1) is 10.1. The maximum atomic E-state index is 5.60. The Balaban J connectivity index is 1.81. The third kappa shape index (κ3) is 1.18. The smallest absolute Gasteiger partial charge is 0.0553 e. The Hall–Kier alpha value is -0.0800. The highest BCUT2D eigenvalue weighted by Crippen LogP contribution is 2.63. The second-order valence-electron chi connectivity index (χ2n) is 5.94. The number of nitrogens with one attached hydrogen (secondary N) is 1. The van der Waals surface area contributed by atoms with Crippen LogP contribution in [0.5, 0.6) is 0 Å². The predicted molar refractivity (Wildman–Crippen MR) is 60.8 cm³/mol. The minimum atomic E-state index is 0.576. The summed E-state index contributed by atoms with van der Waals surface area (Å²) in [5.41, 5.74) is 1.18. The van der Waals surface area contributed by atoms with Gasteiger partial charge >= 0.3 is 0 Å². The zero-order chi connectivity index (χ0) is 10.4. The van der Waals surface area contributed by atoms with Gasteiger partial charge in [-0.1, -0.05) is 12.8 Å². The van der Waals surface area contributed by atoms with Gasteiger partial charge in [0.2, 0.25) is 0 Å². The quantitative estimate of drug-likeness (QED) is 0.766. The van der Waals surface area contributed by atoms with E-state index in [0.717, 1.165) is 19.1 Å². The lowest BCUT2D eigenvalue weighted by Crippen LogP contribution is -2.65. The molecule has 0 radical (unpaired) electrons. The minimum absolute atomic E-state index is 0.576. The van der Waals surface area contributed by atoms with Gasteiger partial charge in [0.05, 0.1) is 13.2 Å². The molecule has 0 aromatic carbocycles. The van der Waals surface area contributed by atoms with Crippen LogP contribution in [0, 0.1) is 16.7 Å². The van der Waals surface area contributed by atoms with Gasteiger partial charge < -0.3 is 10.1 Å². The first-order chi connectivity index (χ1) is 7.33. The first-order valence-electron chi connectivity index (χ1n) is 6.55. The average Bonchev–Trinajstić information content (AvgIpc) is 2.01. The fourth-order valence-electron chi connectivity index (χ4n) is 4.05. The minimum Gasteiger partial charge on any atom is -0.380 e. The fraction of sp³-hybridized carbons (Fsp3) is 1.00. The van der Waals surface area contributed by atoms with Crippen LogP contribution in [0.3, 0.4) is 0 Å². The van der Waals surface area contributed by atoms with Gasteiger partial charge in [-0.15, -0.1) is 0 Å². The van der Waals surface area contributed by atoms with Crippen molar-refractivity contribution in [1.29, 1.82) is 0 Å².